The topological polar surface area (TPSA) is 85.0 Å². The summed E-state index contributed by atoms with van der Waals surface area (Å²) in [6, 6.07) is 29.5. The van der Waals surface area contributed by atoms with E-state index in [-0.39, 0.29) is 36.7 Å². The average Bonchev–Trinajstić information content (AvgIpc) is 2.97. The van der Waals surface area contributed by atoms with Crippen LogP contribution < -0.4 is 10.6 Å². The van der Waals surface area contributed by atoms with Gasteiger partial charge in [-0.25, -0.2) is 0 Å². The highest BCUT2D eigenvalue weighted by atomic mass is 16.2. The van der Waals surface area contributed by atoms with Crippen LogP contribution in [0.1, 0.15) is 23.6 Å². The minimum Gasteiger partial charge on any atom is -0.353 e. The fourth-order valence-corrected chi connectivity index (χ4v) is 5.47. The van der Waals surface area contributed by atoms with Crippen molar-refractivity contribution < 1.29 is 14.4 Å². The summed E-state index contributed by atoms with van der Waals surface area (Å²) < 4.78 is 0. The van der Waals surface area contributed by atoms with Crippen molar-refractivity contribution in [2.24, 2.45) is 0 Å². The Morgan fingerprint density at radius 1 is 0.795 bits per heavy atom. The summed E-state index contributed by atoms with van der Waals surface area (Å²) >= 11 is 0. The molecule has 39 heavy (non-hydrogen) atoms. The first-order valence-corrected chi connectivity index (χ1v) is 13.6. The average molecular weight is 526 g/mol. The molecule has 0 radical (unpaired) electrons. The lowest BCUT2D eigenvalue weighted by Gasteiger charge is -2.41. The van der Waals surface area contributed by atoms with Crippen LogP contribution in [0.5, 0.6) is 0 Å². The predicted octanol–water partition coefficient (Wildman–Crippen LogP) is 2.75. The summed E-state index contributed by atoms with van der Waals surface area (Å²) in [5, 5.41) is 5.63. The van der Waals surface area contributed by atoms with Gasteiger partial charge >= 0.3 is 0 Å². The van der Waals surface area contributed by atoms with E-state index in [1.54, 1.807) is 17.0 Å². The van der Waals surface area contributed by atoms with Gasteiger partial charge in [0.25, 0.3) is 0 Å². The Balaban J connectivity index is 1.19. The number of hydrogen-bond acceptors (Lipinski definition) is 5. The van der Waals surface area contributed by atoms with Gasteiger partial charge in [-0.2, -0.15) is 0 Å². The molecule has 2 aliphatic rings. The van der Waals surface area contributed by atoms with Gasteiger partial charge in [0.1, 0.15) is 6.04 Å². The zero-order chi connectivity index (χ0) is 27.0. The number of hydrogen-bond donors (Lipinski definition) is 2. The molecule has 1 unspecified atom stereocenters. The molecule has 8 nitrogen and oxygen atoms in total. The SMILES string of the molecule is O=C(CC1C(=O)NCCN1C(=O)CN1CCN(C(c2ccccc2)c2ccccc2)CC1)Nc1ccccc1. The molecule has 2 aliphatic heterocycles. The summed E-state index contributed by atoms with van der Waals surface area (Å²) in [5.41, 5.74) is 3.17. The second-order valence-corrected chi connectivity index (χ2v) is 10.0. The number of benzene rings is 3. The van der Waals surface area contributed by atoms with Gasteiger partial charge in [-0.15, -0.1) is 0 Å². The van der Waals surface area contributed by atoms with Crippen molar-refractivity contribution >= 4 is 23.4 Å². The molecule has 2 heterocycles. The lowest BCUT2D eigenvalue weighted by atomic mass is 9.96. The van der Waals surface area contributed by atoms with Gasteiger partial charge in [0, 0.05) is 45.0 Å². The first-order valence-electron chi connectivity index (χ1n) is 13.6. The van der Waals surface area contributed by atoms with E-state index in [4.69, 9.17) is 0 Å². The van der Waals surface area contributed by atoms with Gasteiger partial charge in [-0.05, 0) is 23.3 Å². The van der Waals surface area contributed by atoms with Gasteiger partial charge < -0.3 is 15.5 Å². The molecule has 1 atom stereocenters. The Kier molecular flexibility index (Phi) is 8.65. The number of carbonyl (C=O) groups excluding carboxylic acids is 3. The summed E-state index contributed by atoms with van der Waals surface area (Å²) in [6.45, 7) is 4.18. The van der Waals surface area contributed by atoms with Crippen LogP contribution in [0.25, 0.3) is 0 Å². The minimum atomic E-state index is -0.809. The van der Waals surface area contributed by atoms with Crippen LogP contribution in [0.4, 0.5) is 5.69 Å². The smallest absolute Gasteiger partial charge is 0.243 e. The van der Waals surface area contributed by atoms with Crippen LogP contribution in [0.15, 0.2) is 91.0 Å². The lowest BCUT2D eigenvalue weighted by Crippen LogP contribution is -2.60. The lowest BCUT2D eigenvalue weighted by molar-refractivity contribution is -0.145. The molecule has 3 aromatic carbocycles. The van der Waals surface area contributed by atoms with E-state index in [1.807, 2.05) is 30.3 Å². The molecule has 3 aromatic rings. The number of para-hydroxylation sites is 1. The molecule has 0 spiro atoms. The monoisotopic (exact) mass is 525 g/mol. The Labute approximate surface area is 229 Å². The normalized spacial score (nSPS) is 18.5. The standard InChI is InChI=1S/C31H35N5O3/c37-28(33-26-14-8-3-9-15-26)22-27-31(39)32-16-17-36(27)29(38)23-34-18-20-35(21-19-34)30(24-10-4-1-5-11-24)25-12-6-2-7-13-25/h1-15,27,30H,16-23H2,(H,32,39)(H,33,37). The molecule has 3 amide bonds. The van der Waals surface area contributed by atoms with Crippen LogP contribution in [-0.4, -0.2) is 84.3 Å². The van der Waals surface area contributed by atoms with Crippen molar-refractivity contribution in [2.75, 3.05) is 51.1 Å². The molecular weight excluding hydrogens is 490 g/mol. The predicted molar refractivity (Wildman–Crippen MR) is 151 cm³/mol. The Hall–Kier alpha value is -4.01. The summed E-state index contributed by atoms with van der Waals surface area (Å²) in [7, 11) is 0. The number of carbonyl (C=O) groups is 3. The maximum atomic E-state index is 13.4. The second-order valence-electron chi connectivity index (χ2n) is 10.0. The fraction of sp³-hybridized carbons (Fsp3) is 0.323. The van der Waals surface area contributed by atoms with E-state index in [0.29, 0.717) is 18.8 Å². The van der Waals surface area contributed by atoms with Crippen LogP contribution in [0, 0.1) is 0 Å². The Morgan fingerprint density at radius 3 is 1.95 bits per heavy atom. The minimum absolute atomic E-state index is 0.0733. The molecule has 0 saturated carbocycles. The Bertz CT molecular complexity index is 1210. The van der Waals surface area contributed by atoms with Crippen molar-refractivity contribution in [1.29, 1.82) is 0 Å². The van der Waals surface area contributed by atoms with E-state index in [2.05, 4.69) is 69.0 Å². The fourth-order valence-electron chi connectivity index (χ4n) is 5.47. The second kappa shape index (κ2) is 12.7. The number of anilines is 1. The third-order valence-electron chi connectivity index (χ3n) is 7.45. The van der Waals surface area contributed by atoms with Gasteiger partial charge in [0.2, 0.25) is 17.7 Å². The van der Waals surface area contributed by atoms with Crippen molar-refractivity contribution in [3.8, 4) is 0 Å². The molecule has 202 valence electrons. The number of amides is 3. The van der Waals surface area contributed by atoms with E-state index in [1.165, 1.54) is 11.1 Å². The van der Waals surface area contributed by atoms with E-state index in [0.717, 1.165) is 26.2 Å². The van der Waals surface area contributed by atoms with Gasteiger partial charge in [-0.1, -0.05) is 78.9 Å². The first-order chi connectivity index (χ1) is 19.1. The molecule has 5 rings (SSSR count). The molecule has 0 aromatic heterocycles. The van der Waals surface area contributed by atoms with Gasteiger partial charge in [0.15, 0.2) is 0 Å². The zero-order valence-electron chi connectivity index (χ0n) is 22.0. The third-order valence-corrected chi connectivity index (χ3v) is 7.45. The van der Waals surface area contributed by atoms with Crippen LogP contribution in [0.2, 0.25) is 0 Å². The summed E-state index contributed by atoms with van der Waals surface area (Å²) in [4.78, 5) is 44.9. The number of piperazine rings is 2. The molecule has 0 bridgehead atoms. The van der Waals surface area contributed by atoms with Crippen molar-refractivity contribution in [2.45, 2.75) is 18.5 Å². The highest BCUT2D eigenvalue weighted by molar-refractivity contribution is 5.97. The largest absolute Gasteiger partial charge is 0.353 e. The molecule has 2 fully saturated rings. The number of nitrogens with one attached hydrogen (secondary N) is 2. The maximum Gasteiger partial charge on any atom is 0.243 e. The number of nitrogens with zero attached hydrogens (tertiary/aromatic N) is 3. The molecule has 2 saturated heterocycles. The van der Waals surface area contributed by atoms with Crippen molar-refractivity contribution in [3.05, 3.63) is 102 Å². The third kappa shape index (κ3) is 6.71. The first kappa shape index (κ1) is 26.6. The number of rotatable bonds is 8. The van der Waals surface area contributed by atoms with Gasteiger partial charge in [-0.3, -0.25) is 24.2 Å². The molecule has 8 heteroatoms. The summed E-state index contributed by atoms with van der Waals surface area (Å²) in [6.07, 6.45) is -0.0733. The zero-order valence-corrected chi connectivity index (χ0v) is 22.0. The maximum absolute atomic E-state index is 13.4. The molecule has 2 N–H and O–H groups in total. The molecular formula is C31H35N5O3. The van der Waals surface area contributed by atoms with Gasteiger partial charge in [0.05, 0.1) is 19.0 Å². The van der Waals surface area contributed by atoms with E-state index < -0.39 is 6.04 Å². The van der Waals surface area contributed by atoms with Crippen molar-refractivity contribution in [1.82, 2.24) is 20.0 Å². The summed E-state index contributed by atoms with van der Waals surface area (Å²) in [5.74, 6) is -0.683. The van der Waals surface area contributed by atoms with E-state index >= 15 is 0 Å². The molecule has 0 aliphatic carbocycles. The highest BCUT2D eigenvalue weighted by Gasteiger charge is 2.36. The van der Waals surface area contributed by atoms with Crippen LogP contribution >= 0.6 is 0 Å². The Morgan fingerprint density at radius 2 is 1.36 bits per heavy atom. The van der Waals surface area contributed by atoms with E-state index in [9.17, 15) is 14.4 Å². The van der Waals surface area contributed by atoms with Crippen LogP contribution in [-0.2, 0) is 14.4 Å². The highest BCUT2D eigenvalue weighted by Crippen LogP contribution is 2.29. The van der Waals surface area contributed by atoms with Crippen LogP contribution in [0.3, 0.4) is 0 Å². The van der Waals surface area contributed by atoms with Crippen molar-refractivity contribution in [3.63, 3.8) is 0 Å². The quantitative estimate of drug-likeness (QED) is 0.473.